The van der Waals surface area contributed by atoms with E-state index in [4.69, 9.17) is 4.74 Å². The quantitative estimate of drug-likeness (QED) is 0.894. The molecule has 24 heavy (non-hydrogen) atoms. The van der Waals surface area contributed by atoms with Crippen molar-refractivity contribution in [3.8, 4) is 0 Å². The number of ether oxygens (including phenoxy) is 1. The summed E-state index contributed by atoms with van der Waals surface area (Å²) in [7, 11) is 0. The first kappa shape index (κ1) is 15.6. The third kappa shape index (κ3) is 3.31. The summed E-state index contributed by atoms with van der Waals surface area (Å²) in [6.07, 6.45) is 5.69. The van der Waals surface area contributed by atoms with Gasteiger partial charge in [-0.05, 0) is 43.7 Å². The van der Waals surface area contributed by atoms with E-state index in [-0.39, 0.29) is 12.1 Å². The molecule has 0 saturated carbocycles. The molecule has 2 fully saturated rings. The van der Waals surface area contributed by atoms with Crippen LogP contribution in [0.25, 0.3) is 0 Å². The molecule has 2 amide bonds. The Morgan fingerprint density at radius 1 is 1.21 bits per heavy atom. The van der Waals surface area contributed by atoms with E-state index >= 15 is 0 Å². The monoisotopic (exact) mass is 331 g/mol. The maximum atomic E-state index is 12.3. The molecule has 3 aliphatic rings. The van der Waals surface area contributed by atoms with E-state index in [1.807, 2.05) is 4.90 Å². The minimum Gasteiger partial charge on any atom is -0.376 e. The van der Waals surface area contributed by atoms with Crippen molar-refractivity contribution in [3.05, 3.63) is 17.3 Å². The summed E-state index contributed by atoms with van der Waals surface area (Å²) in [5.74, 6) is 0.954. The molecule has 3 heterocycles. The Bertz CT molecular complexity index is 595. The maximum Gasteiger partial charge on any atom is 0.317 e. The van der Waals surface area contributed by atoms with Crippen LogP contribution in [0.3, 0.4) is 0 Å². The van der Waals surface area contributed by atoms with Crippen LogP contribution in [0.2, 0.25) is 0 Å². The van der Waals surface area contributed by atoms with E-state index in [2.05, 4.69) is 26.5 Å². The van der Waals surface area contributed by atoms with Gasteiger partial charge in [0.1, 0.15) is 0 Å². The minimum atomic E-state index is 0.0187. The number of rotatable bonds is 3. The first-order chi connectivity index (χ1) is 11.8. The Kier molecular flexibility index (Phi) is 4.51. The number of hydrogen-bond donors (Lipinski definition) is 1. The number of fused-ring (bicyclic) bond motifs is 1. The van der Waals surface area contributed by atoms with Gasteiger partial charge in [0.05, 0.1) is 11.8 Å². The zero-order chi connectivity index (χ0) is 16.4. The van der Waals surface area contributed by atoms with Gasteiger partial charge in [-0.25, -0.2) is 4.79 Å². The van der Waals surface area contributed by atoms with Crippen LogP contribution < -0.4 is 10.2 Å². The van der Waals surface area contributed by atoms with Gasteiger partial charge in [-0.3, -0.25) is 0 Å². The summed E-state index contributed by atoms with van der Waals surface area (Å²) in [6, 6.07) is 2.20. The first-order valence-corrected chi connectivity index (χ1v) is 9.04. The van der Waals surface area contributed by atoms with Gasteiger partial charge >= 0.3 is 6.03 Å². The molecule has 1 aliphatic carbocycles. The lowest BCUT2D eigenvalue weighted by molar-refractivity contribution is 0.108. The zero-order valence-corrected chi connectivity index (χ0v) is 14.0. The summed E-state index contributed by atoms with van der Waals surface area (Å²) in [6.45, 7) is 4.49. The van der Waals surface area contributed by atoms with Crippen molar-refractivity contribution in [1.29, 1.82) is 0 Å². The van der Waals surface area contributed by atoms with Crippen molar-refractivity contribution in [3.63, 3.8) is 0 Å². The molecule has 1 unspecified atom stereocenters. The number of carbonyl (C=O) groups excluding carboxylic acids is 1. The van der Waals surface area contributed by atoms with E-state index < -0.39 is 0 Å². The highest BCUT2D eigenvalue weighted by Crippen LogP contribution is 2.23. The van der Waals surface area contributed by atoms with E-state index in [1.165, 1.54) is 12.0 Å². The molecule has 1 aromatic rings. The average Bonchev–Trinajstić information content (AvgIpc) is 3.30. The standard InChI is InChI=1S/C17H25N5O2/c23-17(18-12-14-4-2-10-24-14)22-8-6-21(7-9-22)16-11-13-3-1-5-15(13)19-20-16/h11,14H,1-10,12H2,(H,18,23). The van der Waals surface area contributed by atoms with Crippen LogP contribution in [0.5, 0.6) is 0 Å². The molecule has 130 valence electrons. The minimum absolute atomic E-state index is 0.0187. The van der Waals surface area contributed by atoms with Gasteiger partial charge in [0.15, 0.2) is 5.82 Å². The molecule has 2 aliphatic heterocycles. The lowest BCUT2D eigenvalue weighted by Gasteiger charge is -2.35. The molecule has 0 aromatic carbocycles. The molecule has 4 rings (SSSR count). The largest absolute Gasteiger partial charge is 0.376 e. The predicted molar refractivity (Wildman–Crippen MR) is 90.2 cm³/mol. The normalized spacial score (nSPS) is 23.4. The molecule has 7 heteroatoms. The zero-order valence-electron chi connectivity index (χ0n) is 14.0. The topological polar surface area (TPSA) is 70.6 Å². The van der Waals surface area contributed by atoms with Crippen LogP contribution in [0.1, 0.15) is 30.5 Å². The lowest BCUT2D eigenvalue weighted by atomic mass is 10.2. The number of nitrogens with one attached hydrogen (secondary N) is 1. The van der Waals surface area contributed by atoms with Crippen molar-refractivity contribution < 1.29 is 9.53 Å². The molecular formula is C17H25N5O2. The fourth-order valence-corrected chi connectivity index (χ4v) is 3.73. The molecule has 0 spiro atoms. The first-order valence-electron chi connectivity index (χ1n) is 9.04. The predicted octanol–water partition coefficient (Wildman–Crippen LogP) is 0.976. The summed E-state index contributed by atoms with van der Waals surface area (Å²) < 4.78 is 5.55. The number of aromatic nitrogens is 2. The molecule has 0 bridgehead atoms. The highest BCUT2D eigenvalue weighted by molar-refractivity contribution is 5.74. The summed E-state index contributed by atoms with van der Waals surface area (Å²) >= 11 is 0. The maximum absolute atomic E-state index is 12.3. The third-order valence-electron chi connectivity index (χ3n) is 5.20. The van der Waals surface area contributed by atoms with Crippen molar-refractivity contribution >= 4 is 11.8 Å². The van der Waals surface area contributed by atoms with Crippen molar-refractivity contribution in [2.24, 2.45) is 0 Å². The van der Waals surface area contributed by atoms with Crippen molar-refractivity contribution in [2.75, 3.05) is 44.2 Å². The van der Waals surface area contributed by atoms with E-state index in [0.717, 1.165) is 70.0 Å². The number of hydrogen-bond acceptors (Lipinski definition) is 5. The highest BCUT2D eigenvalue weighted by atomic mass is 16.5. The van der Waals surface area contributed by atoms with Crippen LogP contribution >= 0.6 is 0 Å². The van der Waals surface area contributed by atoms with Gasteiger partial charge in [-0.2, -0.15) is 5.10 Å². The van der Waals surface area contributed by atoms with E-state index in [1.54, 1.807) is 0 Å². The number of aryl methyl sites for hydroxylation is 2. The van der Waals surface area contributed by atoms with E-state index in [0.29, 0.717) is 6.54 Å². The second-order valence-corrected chi connectivity index (χ2v) is 6.82. The summed E-state index contributed by atoms with van der Waals surface area (Å²) in [5, 5.41) is 11.7. The Labute approximate surface area is 142 Å². The van der Waals surface area contributed by atoms with Crippen molar-refractivity contribution in [1.82, 2.24) is 20.4 Å². The molecule has 0 radical (unpaired) electrons. The van der Waals surface area contributed by atoms with Crippen LogP contribution in [0.4, 0.5) is 10.6 Å². The number of carbonyl (C=O) groups is 1. The Balaban J connectivity index is 1.27. The number of urea groups is 1. The lowest BCUT2D eigenvalue weighted by Crippen LogP contribution is -2.52. The molecule has 2 saturated heterocycles. The number of anilines is 1. The number of nitrogens with zero attached hydrogens (tertiary/aromatic N) is 4. The summed E-state index contributed by atoms with van der Waals surface area (Å²) in [5.41, 5.74) is 2.50. The van der Waals surface area contributed by atoms with Gasteiger partial charge in [-0.15, -0.1) is 5.10 Å². The molecule has 1 atom stereocenters. The third-order valence-corrected chi connectivity index (χ3v) is 5.20. The molecular weight excluding hydrogens is 306 g/mol. The highest BCUT2D eigenvalue weighted by Gasteiger charge is 2.24. The number of piperazine rings is 1. The molecule has 7 nitrogen and oxygen atoms in total. The second kappa shape index (κ2) is 6.93. The van der Waals surface area contributed by atoms with Crippen molar-refractivity contribution in [2.45, 2.75) is 38.2 Å². The van der Waals surface area contributed by atoms with Gasteiger partial charge in [-0.1, -0.05) is 0 Å². The molecule has 1 N–H and O–H groups in total. The van der Waals surface area contributed by atoms with Crippen LogP contribution in [0.15, 0.2) is 6.07 Å². The van der Waals surface area contributed by atoms with Crippen LogP contribution in [-0.2, 0) is 17.6 Å². The Morgan fingerprint density at radius 2 is 2.08 bits per heavy atom. The van der Waals surface area contributed by atoms with Crippen LogP contribution in [0, 0.1) is 0 Å². The second-order valence-electron chi connectivity index (χ2n) is 6.82. The van der Waals surface area contributed by atoms with Gasteiger partial charge in [0.25, 0.3) is 0 Å². The fourth-order valence-electron chi connectivity index (χ4n) is 3.73. The SMILES string of the molecule is O=C(NCC1CCCO1)N1CCN(c2cc3c(nn2)CCC3)CC1. The van der Waals surface area contributed by atoms with Crippen LogP contribution in [-0.4, -0.2) is 66.6 Å². The Morgan fingerprint density at radius 3 is 2.88 bits per heavy atom. The smallest absolute Gasteiger partial charge is 0.317 e. The average molecular weight is 331 g/mol. The van der Waals surface area contributed by atoms with E-state index in [9.17, 15) is 4.79 Å². The summed E-state index contributed by atoms with van der Waals surface area (Å²) in [4.78, 5) is 16.4. The fraction of sp³-hybridized carbons (Fsp3) is 0.706. The van der Waals surface area contributed by atoms with Gasteiger partial charge in [0, 0.05) is 39.3 Å². The number of amides is 2. The Hall–Kier alpha value is -1.89. The van der Waals surface area contributed by atoms with Gasteiger partial charge in [0.2, 0.25) is 0 Å². The van der Waals surface area contributed by atoms with Gasteiger partial charge < -0.3 is 19.9 Å². The molecule has 1 aromatic heterocycles.